The van der Waals surface area contributed by atoms with Gasteiger partial charge >= 0.3 is 6.09 Å². The van der Waals surface area contributed by atoms with Crippen LogP contribution in [0, 0.1) is 0 Å². The Morgan fingerprint density at radius 3 is 2.32 bits per heavy atom. The average Bonchev–Trinajstić information content (AvgIpc) is 3.19. The minimum Gasteiger partial charge on any atom is -0.444 e. The fourth-order valence-electron chi connectivity index (χ4n) is 3.82. The number of amides is 3. The normalized spacial score (nSPS) is 14.2. The molecule has 0 bridgehead atoms. The maximum atomic E-state index is 12.8. The highest BCUT2D eigenvalue weighted by atomic mass is 16.6. The van der Waals surface area contributed by atoms with Gasteiger partial charge in [0.25, 0.3) is 5.91 Å². The van der Waals surface area contributed by atoms with E-state index in [2.05, 4.69) is 10.4 Å². The van der Waals surface area contributed by atoms with Crippen LogP contribution in [0.5, 0.6) is 0 Å². The molecule has 3 amide bonds. The van der Waals surface area contributed by atoms with Crippen molar-refractivity contribution in [2.24, 2.45) is 0 Å². The van der Waals surface area contributed by atoms with Crippen molar-refractivity contribution in [1.29, 1.82) is 0 Å². The van der Waals surface area contributed by atoms with E-state index in [1.807, 2.05) is 18.2 Å². The number of fused-ring (bicyclic) bond motifs is 1. The summed E-state index contributed by atoms with van der Waals surface area (Å²) >= 11 is 0. The fourth-order valence-corrected chi connectivity index (χ4v) is 3.82. The largest absolute Gasteiger partial charge is 0.444 e. The summed E-state index contributed by atoms with van der Waals surface area (Å²) in [5.74, 6) is -0.0615. The van der Waals surface area contributed by atoms with Gasteiger partial charge < -0.3 is 14.5 Å². The number of carbonyl (C=O) groups excluding carboxylic acids is 3. The number of nitrogens with one attached hydrogen (secondary N) is 1. The Morgan fingerprint density at radius 2 is 1.65 bits per heavy atom. The van der Waals surface area contributed by atoms with Crippen molar-refractivity contribution in [3.8, 4) is 0 Å². The molecule has 2 heterocycles. The van der Waals surface area contributed by atoms with Gasteiger partial charge in [0.2, 0.25) is 5.91 Å². The number of aromatic nitrogens is 2. The van der Waals surface area contributed by atoms with Gasteiger partial charge in [-0.25, -0.2) is 4.79 Å². The van der Waals surface area contributed by atoms with Crippen LogP contribution in [-0.2, 0) is 16.1 Å². The molecule has 0 saturated carbocycles. The van der Waals surface area contributed by atoms with Crippen LogP contribution in [0.3, 0.4) is 0 Å². The summed E-state index contributed by atoms with van der Waals surface area (Å²) < 4.78 is 6.88. The number of hydrogen-bond acceptors (Lipinski definition) is 5. The van der Waals surface area contributed by atoms with Crippen LogP contribution in [0.2, 0.25) is 0 Å². The van der Waals surface area contributed by atoms with Crippen LogP contribution >= 0.6 is 0 Å². The van der Waals surface area contributed by atoms with E-state index in [1.54, 1.807) is 71.8 Å². The van der Waals surface area contributed by atoms with E-state index in [-0.39, 0.29) is 18.4 Å². The molecule has 9 nitrogen and oxygen atoms in total. The molecule has 178 valence electrons. The van der Waals surface area contributed by atoms with Crippen LogP contribution in [-0.4, -0.2) is 69.3 Å². The molecule has 1 aliphatic rings. The molecular weight excluding hydrogens is 434 g/mol. The third-order valence-electron chi connectivity index (χ3n) is 5.43. The van der Waals surface area contributed by atoms with Gasteiger partial charge in [0.1, 0.15) is 12.1 Å². The Hall–Kier alpha value is -3.88. The molecule has 4 rings (SSSR count). The van der Waals surface area contributed by atoms with Gasteiger partial charge in [-0.15, -0.1) is 0 Å². The Kier molecular flexibility index (Phi) is 6.54. The van der Waals surface area contributed by atoms with E-state index >= 15 is 0 Å². The molecule has 2 aromatic carbocycles. The van der Waals surface area contributed by atoms with Gasteiger partial charge in [-0.2, -0.15) is 5.10 Å². The topological polar surface area (TPSA) is 96.8 Å². The molecule has 1 N–H and O–H groups in total. The first-order valence-corrected chi connectivity index (χ1v) is 11.3. The van der Waals surface area contributed by atoms with Crippen LogP contribution in [0.25, 0.3) is 10.9 Å². The van der Waals surface area contributed by atoms with Gasteiger partial charge in [0.05, 0.1) is 5.52 Å². The third kappa shape index (κ3) is 5.72. The fraction of sp³-hybridized carbons (Fsp3) is 0.360. The zero-order valence-corrected chi connectivity index (χ0v) is 19.7. The maximum Gasteiger partial charge on any atom is 0.412 e. The predicted octanol–water partition coefficient (Wildman–Crippen LogP) is 3.37. The molecule has 0 spiro atoms. The van der Waals surface area contributed by atoms with Gasteiger partial charge in [-0.1, -0.05) is 18.2 Å². The smallest absolute Gasteiger partial charge is 0.412 e. The Morgan fingerprint density at radius 1 is 0.971 bits per heavy atom. The summed E-state index contributed by atoms with van der Waals surface area (Å²) in [6.07, 6.45) is 1.25. The Balaban J connectivity index is 1.33. The van der Waals surface area contributed by atoms with E-state index in [9.17, 15) is 14.4 Å². The van der Waals surface area contributed by atoms with Gasteiger partial charge in [-0.3, -0.25) is 19.6 Å². The molecular formula is C25H29N5O4. The highest BCUT2D eigenvalue weighted by Gasteiger charge is 2.25. The first-order chi connectivity index (χ1) is 16.2. The number of benzene rings is 2. The molecule has 1 saturated heterocycles. The summed E-state index contributed by atoms with van der Waals surface area (Å²) in [4.78, 5) is 41.0. The lowest BCUT2D eigenvalue weighted by Crippen LogP contribution is -2.51. The highest BCUT2D eigenvalue weighted by Crippen LogP contribution is 2.19. The number of hydrogen-bond donors (Lipinski definition) is 1. The summed E-state index contributed by atoms with van der Waals surface area (Å²) in [5, 5.41) is 7.99. The van der Waals surface area contributed by atoms with Gasteiger partial charge in [0.15, 0.2) is 0 Å². The van der Waals surface area contributed by atoms with E-state index in [0.717, 1.165) is 10.9 Å². The van der Waals surface area contributed by atoms with Gasteiger partial charge in [0, 0.05) is 49.0 Å². The second-order valence-corrected chi connectivity index (χ2v) is 9.27. The molecule has 34 heavy (non-hydrogen) atoms. The molecule has 0 unspecified atom stereocenters. The minimum absolute atomic E-state index is 0.0122. The third-order valence-corrected chi connectivity index (χ3v) is 5.43. The van der Waals surface area contributed by atoms with E-state index in [1.165, 1.54) is 0 Å². The Labute approximate surface area is 198 Å². The second kappa shape index (κ2) is 9.54. The SMILES string of the molecule is CC(C)(C)OC(=O)Nc1ccc2nn(CC(=O)N3CCN(C(=O)c4ccccc4)CC3)cc2c1. The number of rotatable bonds is 4. The Bertz CT molecular complexity index is 1190. The van der Waals surface area contributed by atoms with Crippen LogP contribution in [0.4, 0.5) is 10.5 Å². The van der Waals surface area contributed by atoms with Crippen molar-refractivity contribution in [2.75, 3.05) is 31.5 Å². The maximum absolute atomic E-state index is 12.8. The monoisotopic (exact) mass is 463 g/mol. The molecule has 0 atom stereocenters. The number of ether oxygens (including phenoxy) is 1. The van der Waals surface area contributed by atoms with Crippen LogP contribution < -0.4 is 5.32 Å². The number of anilines is 1. The van der Waals surface area contributed by atoms with E-state index in [4.69, 9.17) is 4.74 Å². The average molecular weight is 464 g/mol. The van der Waals surface area contributed by atoms with Crippen LogP contribution in [0.15, 0.2) is 54.7 Å². The summed E-state index contributed by atoms with van der Waals surface area (Å²) in [5.41, 5.74) is 1.39. The molecule has 9 heteroatoms. The molecule has 0 aliphatic carbocycles. The lowest BCUT2D eigenvalue weighted by Gasteiger charge is -2.34. The van der Waals surface area contributed by atoms with Gasteiger partial charge in [-0.05, 0) is 51.1 Å². The van der Waals surface area contributed by atoms with E-state index < -0.39 is 11.7 Å². The molecule has 3 aromatic rings. The number of nitrogens with zero attached hydrogens (tertiary/aromatic N) is 4. The van der Waals surface area contributed by atoms with Crippen molar-refractivity contribution in [3.05, 3.63) is 60.3 Å². The number of piperazine rings is 1. The number of carbonyl (C=O) groups is 3. The lowest BCUT2D eigenvalue weighted by atomic mass is 10.2. The standard InChI is InChI=1S/C25H29N5O4/c1-25(2,3)34-24(33)26-20-9-10-21-19(15-20)16-30(27-21)17-22(31)28-11-13-29(14-12-28)23(32)18-7-5-4-6-8-18/h4-10,15-16H,11-14,17H2,1-3H3,(H,26,33). The zero-order chi connectivity index (χ0) is 24.3. The first-order valence-electron chi connectivity index (χ1n) is 11.3. The second-order valence-electron chi connectivity index (χ2n) is 9.27. The molecule has 1 aromatic heterocycles. The van der Waals surface area contributed by atoms with Crippen molar-refractivity contribution >= 4 is 34.5 Å². The lowest BCUT2D eigenvalue weighted by molar-refractivity contribution is -0.133. The minimum atomic E-state index is -0.584. The van der Waals surface area contributed by atoms with E-state index in [0.29, 0.717) is 37.4 Å². The molecule has 1 aliphatic heterocycles. The molecule has 0 radical (unpaired) electrons. The van der Waals surface area contributed by atoms with Crippen molar-refractivity contribution in [1.82, 2.24) is 19.6 Å². The van der Waals surface area contributed by atoms with Crippen molar-refractivity contribution < 1.29 is 19.1 Å². The van der Waals surface area contributed by atoms with Crippen molar-refractivity contribution in [2.45, 2.75) is 32.9 Å². The zero-order valence-electron chi connectivity index (χ0n) is 19.7. The summed E-state index contributed by atoms with van der Waals surface area (Å²) in [6.45, 7) is 7.49. The van der Waals surface area contributed by atoms with Crippen molar-refractivity contribution in [3.63, 3.8) is 0 Å². The first kappa shape index (κ1) is 23.3. The summed E-state index contributed by atoms with van der Waals surface area (Å²) in [6, 6.07) is 14.5. The van der Waals surface area contributed by atoms with Crippen LogP contribution in [0.1, 0.15) is 31.1 Å². The summed E-state index contributed by atoms with van der Waals surface area (Å²) in [7, 11) is 0. The highest BCUT2D eigenvalue weighted by molar-refractivity contribution is 5.94. The quantitative estimate of drug-likeness (QED) is 0.640. The predicted molar refractivity (Wildman–Crippen MR) is 129 cm³/mol. The molecule has 1 fully saturated rings.